The average molecular weight is 423 g/mol. The molecule has 2 heterocycles. The van der Waals surface area contributed by atoms with Gasteiger partial charge in [-0.2, -0.15) is 5.10 Å². The van der Waals surface area contributed by atoms with E-state index in [1.165, 1.54) is 25.7 Å². The van der Waals surface area contributed by atoms with Gasteiger partial charge in [0.1, 0.15) is 0 Å². The van der Waals surface area contributed by atoms with E-state index in [4.69, 9.17) is 4.74 Å². The SMILES string of the molecule is C=CCO[C@@H]1CCCN(CC2CCCCC2NC(=O)c2ccc(-n3cccn3)cc2)C1. The van der Waals surface area contributed by atoms with Gasteiger partial charge in [0.2, 0.25) is 0 Å². The van der Waals surface area contributed by atoms with E-state index in [-0.39, 0.29) is 11.9 Å². The van der Waals surface area contributed by atoms with Crippen LogP contribution < -0.4 is 5.32 Å². The van der Waals surface area contributed by atoms with Crippen LogP contribution in [0.2, 0.25) is 0 Å². The van der Waals surface area contributed by atoms with E-state index in [2.05, 4.69) is 21.9 Å². The van der Waals surface area contributed by atoms with Crippen molar-refractivity contribution in [2.75, 3.05) is 26.2 Å². The molecule has 166 valence electrons. The van der Waals surface area contributed by atoms with Gasteiger partial charge in [0.05, 0.1) is 18.4 Å². The lowest BCUT2D eigenvalue weighted by atomic mass is 9.83. The molecule has 6 nitrogen and oxygen atoms in total. The Morgan fingerprint density at radius 2 is 2.03 bits per heavy atom. The van der Waals surface area contributed by atoms with Crippen molar-refractivity contribution in [3.05, 3.63) is 60.9 Å². The number of ether oxygens (including phenoxy) is 1. The number of nitrogens with zero attached hydrogens (tertiary/aromatic N) is 3. The molecule has 1 saturated carbocycles. The number of likely N-dealkylation sites (tertiary alicyclic amines) is 1. The minimum absolute atomic E-state index is 0.0229. The van der Waals surface area contributed by atoms with Crippen molar-refractivity contribution >= 4 is 5.91 Å². The van der Waals surface area contributed by atoms with Gasteiger partial charge in [-0.1, -0.05) is 18.9 Å². The molecule has 31 heavy (non-hydrogen) atoms. The number of benzene rings is 1. The molecule has 3 atom stereocenters. The Bertz CT molecular complexity index is 834. The quantitative estimate of drug-likeness (QED) is 0.657. The number of hydrogen-bond donors (Lipinski definition) is 1. The minimum Gasteiger partial charge on any atom is -0.373 e. The van der Waals surface area contributed by atoms with Gasteiger partial charge in [-0.15, -0.1) is 6.58 Å². The lowest BCUT2D eigenvalue weighted by Crippen LogP contribution is -2.49. The van der Waals surface area contributed by atoms with Crippen LogP contribution in [0.4, 0.5) is 0 Å². The van der Waals surface area contributed by atoms with Crippen molar-refractivity contribution in [1.29, 1.82) is 0 Å². The highest BCUT2D eigenvalue weighted by atomic mass is 16.5. The number of carbonyl (C=O) groups excluding carboxylic acids is 1. The lowest BCUT2D eigenvalue weighted by Gasteiger charge is -2.39. The lowest BCUT2D eigenvalue weighted by molar-refractivity contribution is 0.00515. The molecule has 1 amide bonds. The maximum absolute atomic E-state index is 12.9. The highest BCUT2D eigenvalue weighted by Gasteiger charge is 2.30. The molecular weight excluding hydrogens is 388 g/mol. The molecule has 1 saturated heterocycles. The third-order valence-corrected chi connectivity index (χ3v) is 6.53. The average Bonchev–Trinajstić information content (AvgIpc) is 3.34. The van der Waals surface area contributed by atoms with Crippen LogP contribution in [0.1, 0.15) is 48.9 Å². The number of carbonyl (C=O) groups is 1. The zero-order valence-corrected chi connectivity index (χ0v) is 18.3. The second-order valence-corrected chi connectivity index (χ2v) is 8.77. The predicted molar refractivity (Wildman–Crippen MR) is 122 cm³/mol. The summed E-state index contributed by atoms with van der Waals surface area (Å²) in [6.45, 7) is 7.53. The molecule has 1 aromatic carbocycles. The van der Waals surface area contributed by atoms with Gasteiger partial charge in [0.25, 0.3) is 5.91 Å². The molecule has 1 aliphatic carbocycles. The zero-order chi connectivity index (χ0) is 21.5. The van der Waals surface area contributed by atoms with E-state index >= 15 is 0 Å². The van der Waals surface area contributed by atoms with Crippen molar-refractivity contribution in [1.82, 2.24) is 20.0 Å². The van der Waals surface area contributed by atoms with E-state index < -0.39 is 0 Å². The molecule has 2 aliphatic rings. The largest absolute Gasteiger partial charge is 0.373 e. The Kier molecular flexibility index (Phi) is 7.54. The molecule has 0 radical (unpaired) electrons. The van der Waals surface area contributed by atoms with Crippen LogP contribution in [-0.2, 0) is 4.74 Å². The third kappa shape index (κ3) is 5.83. The summed E-state index contributed by atoms with van der Waals surface area (Å²) in [5.74, 6) is 0.522. The van der Waals surface area contributed by atoms with Crippen molar-refractivity contribution in [3.8, 4) is 5.69 Å². The van der Waals surface area contributed by atoms with Gasteiger partial charge in [-0.05, 0) is 68.5 Å². The minimum atomic E-state index is 0.0229. The number of aromatic nitrogens is 2. The smallest absolute Gasteiger partial charge is 0.251 e. The summed E-state index contributed by atoms with van der Waals surface area (Å²) in [5.41, 5.74) is 1.66. The van der Waals surface area contributed by atoms with Gasteiger partial charge in [0, 0.05) is 37.1 Å². The molecule has 2 aromatic rings. The molecule has 2 unspecified atom stereocenters. The van der Waals surface area contributed by atoms with Gasteiger partial charge in [-0.25, -0.2) is 4.68 Å². The maximum Gasteiger partial charge on any atom is 0.251 e. The van der Waals surface area contributed by atoms with Crippen LogP contribution in [0.5, 0.6) is 0 Å². The van der Waals surface area contributed by atoms with Gasteiger partial charge in [-0.3, -0.25) is 4.79 Å². The highest BCUT2D eigenvalue weighted by Crippen LogP contribution is 2.27. The second-order valence-electron chi connectivity index (χ2n) is 8.77. The Morgan fingerprint density at radius 3 is 2.81 bits per heavy atom. The molecule has 1 N–H and O–H groups in total. The molecular formula is C25H34N4O2. The van der Waals surface area contributed by atoms with Crippen molar-refractivity contribution in [3.63, 3.8) is 0 Å². The Morgan fingerprint density at radius 1 is 1.19 bits per heavy atom. The van der Waals surface area contributed by atoms with Gasteiger partial charge in [0.15, 0.2) is 0 Å². The fraction of sp³-hybridized carbons (Fsp3) is 0.520. The second kappa shape index (κ2) is 10.7. The van der Waals surface area contributed by atoms with E-state index in [9.17, 15) is 4.79 Å². The summed E-state index contributed by atoms with van der Waals surface area (Å²) in [5, 5.41) is 7.58. The number of piperidine rings is 1. The number of hydrogen-bond acceptors (Lipinski definition) is 4. The summed E-state index contributed by atoms with van der Waals surface area (Å²) in [7, 11) is 0. The Hall–Kier alpha value is -2.44. The van der Waals surface area contributed by atoms with E-state index in [0.717, 1.165) is 38.2 Å². The van der Waals surface area contributed by atoms with Crippen molar-refractivity contribution in [2.45, 2.75) is 50.7 Å². The number of nitrogens with one attached hydrogen (secondary N) is 1. The molecule has 0 spiro atoms. The fourth-order valence-electron chi connectivity index (χ4n) is 4.91. The van der Waals surface area contributed by atoms with Gasteiger partial charge >= 0.3 is 0 Å². The summed E-state index contributed by atoms with van der Waals surface area (Å²) in [6, 6.07) is 9.78. The Labute approximate surface area is 185 Å². The van der Waals surface area contributed by atoms with Crippen LogP contribution in [0.3, 0.4) is 0 Å². The number of rotatable bonds is 8. The van der Waals surface area contributed by atoms with Crippen molar-refractivity contribution < 1.29 is 9.53 Å². The van der Waals surface area contributed by atoms with E-state index in [1.807, 2.05) is 42.6 Å². The summed E-state index contributed by atoms with van der Waals surface area (Å²) in [6.07, 6.45) is 12.8. The normalized spacial score (nSPS) is 24.6. The molecule has 2 fully saturated rings. The molecule has 6 heteroatoms. The molecule has 1 aliphatic heterocycles. The number of amides is 1. The first-order valence-electron chi connectivity index (χ1n) is 11.6. The maximum atomic E-state index is 12.9. The molecule has 0 bridgehead atoms. The topological polar surface area (TPSA) is 59.4 Å². The first-order chi connectivity index (χ1) is 15.2. The van der Waals surface area contributed by atoms with E-state index in [0.29, 0.717) is 24.2 Å². The highest BCUT2D eigenvalue weighted by molar-refractivity contribution is 5.94. The monoisotopic (exact) mass is 422 g/mol. The predicted octanol–water partition coefficient (Wildman–Crippen LogP) is 3.83. The first-order valence-corrected chi connectivity index (χ1v) is 11.6. The van der Waals surface area contributed by atoms with E-state index in [1.54, 1.807) is 10.9 Å². The zero-order valence-electron chi connectivity index (χ0n) is 18.3. The summed E-state index contributed by atoms with van der Waals surface area (Å²) in [4.78, 5) is 15.5. The standard InChI is InChI=1S/C25H34N4O2/c1-2-17-31-23-8-5-15-28(19-23)18-21-7-3-4-9-24(21)27-25(30)20-10-12-22(13-11-20)29-16-6-14-26-29/h2,6,10-14,16,21,23-24H,1,3-5,7-9,15,17-19H2,(H,27,30)/t21?,23-,24?/m1/s1. The summed E-state index contributed by atoms with van der Waals surface area (Å²) >= 11 is 0. The van der Waals surface area contributed by atoms with Crippen LogP contribution in [0.25, 0.3) is 5.69 Å². The van der Waals surface area contributed by atoms with Crippen LogP contribution in [0, 0.1) is 5.92 Å². The van der Waals surface area contributed by atoms with Crippen LogP contribution in [-0.4, -0.2) is 59.0 Å². The van der Waals surface area contributed by atoms with Crippen LogP contribution >= 0.6 is 0 Å². The van der Waals surface area contributed by atoms with Gasteiger partial charge < -0.3 is 15.0 Å². The first kappa shape index (κ1) is 21.8. The molecule has 1 aromatic heterocycles. The molecule has 4 rings (SSSR count). The third-order valence-electron chi connectivity index (χ3n) is 6.53. The summed E-state index contributed by atoms with van der Waals surface area (Å²) < 4.78 is 7.70. The Balaban J connectivity index is 1.34. The van der Waals surface area contributed by atoms with Crippen LogP contribution in [0.15, 0.2) is 55.4 Å². The van der Waals surface area contributed by atoms with Crippen molar-refractivity contribution in [2.24, 2.45) is 5.92 Å². The fourth-order valence-corrected chi connectivity index (χ4v) is 4.91.